The topological polar surface area (TPSA) is 103 Å². The molecule has 1 saturated heterocycles. The Labute approximate surface area is 294 Å². The molecule has 0 aromatic heterocycles. The number of nitrogens with zero attached hydrogens (tertiary/aromatic N) is 1. The number of ether oxygens (including phenoxy) is 4. The number of amides is 3. The number of halogens is 3. The van der Waals surface area contributed by atoms with Crippen LogP contribution in [0, 0.1) is 11.6 Å². The Hall–Kier alpha value is -4.38. The molecule has 264 valence electrons. The highest BCUT2D eigenvalue weighted by Crippen LogP contribution is 2.58. The van der Waals surface area contributed by atoms with Crippen LogP contribution in [0.25, 0.3) is 11.1 Å². The Morgan fingerprint density at radius 2 is 1.68 bits per heavy atom. The van der Waals surface area contributed by atoms with Crippen LogP contribution in [0.5, 0.6) is 11.5 Å². The first-order chi connectivity index (χ1) is 23.5. The molecule has 1 aliphatic carbocycles. The second-order valence-corrected chi connectivity index (χ2v) is 15.7. The first kappa shape index (κ1) is 34.1. The van der Waals surface area contributed by atoms with Crippen molar-refractivity contribution in [2.75, 3.05) is 6.54 Å². The standard InChI is InChI=1S/C38H39ClF2N2O7/c1-36(2,3)49-34(45)42-33(44)21-16-26-28(20-15-24(20)47-26)32(41)30(21)29-22-18-38(19-11-8-7-9-12-19,48-25(22)17-23(40)31(29)39)27-13-10-14-43(27)35(46)50-37(4,5)6/h7-9,11-12,16-17,20,24,27H,10,13-15,18H2,1-6H3,(H,42,44,45)/t20?,24?,27-,38-/m0/s1. The highest BCUT2D eigenvalue weighted by atomic mass is 35.5. The van der Waals surface area contributed by atoms with Gasteiger partial charge in [-0.3, -0.25) is 10.1 Å². The van der Waals surface area contributed by atoms with Crippen LogP contribution >= 0.6 is 11.6 Å². The lowest BCUT2D eigenvalue weighted by Crippen LogP contribution is -2.53. The van der Waals surface area contributed by atoms with Crippen LogP contribution in [0.4, 0.5) is 18.4 Å². The molecule has 3 amide bonds. The summed E-state index contributed by atoms with van der Waals surface area (Å²) in [5.41, 5.74) is -2.20. The summed E-state index contributed by atoms with van der Waals surface area (Å²) in [5, 5.41) is 1.77. The van der Waals surface area contributed by atoms with Gasteiger partial charge in [0.25, 0.3) is 5.91 Å². The van der Waals surface area contributed by atoms with Crippen molar-refractivity contribution in [3.8, 4) is 22.6 Å². The third-order valence-electron chi connectivity index (χ3n) is 9.46. The van der Waals surface area contributed by atoms with Gasteiger partial charge in [-0.05, 0) is 72.4 Å². The van der Waals surface area contributed by atoms with Gasteiger partial charge in [-0.25, -0.2) is 18.4 Å². The van der Waals surface area contributed by atoms with Gasteiger partial charge in [0.2, 0.25) is 0 Å². The predicted molar refractivity (Wildman–Crippen MR) is 181 cm³/mol. The zero-order valence-corrected chi connectivity index (χ0v) is 29.5. The Morgan fingerprint density at radius 3 is 2.36 bits per heavy atom. The van der Waals surface area contributed by atoms with Crippen molar-refractivity contribution < 1.29 is 42.1 Å². The Balaban J connectivity index is 1.39. The molecule has 7 rings (SSSR count). The molecular formula is C38H39ClF2N2O7. The van der Waals surface area contributed by atoms with Crippen molar-refractivity contribution >= 4 is 29.7 Å². The molecule has 3 aromatic rings. The lowest BCUT2D eigenvalue weighted by Gasteiger charge is -2.40. The maximum atomic E-state index is 17.0. The molecule has 1 saturated carbocycles. The number of carbonyl (C=O) groups is 3. The average Bonchev–Trinajstić information content (AvgIpc) is 3.33. The Morgan fingerprint density at radius 1 is 0.980 bits per heavy atom. The number of fused-ring (bicyclic) bond motifs is 4. The van der Waals surface area contributed by atoms with E-state index in [1.165, 1.54) is 6.07 Å². The quantitative estimate of drug-likeness (QED) is 0.290. The minimum absolute atomic E-state index is 0.0534. The van der Waals surface area contributed by atoms with Crippen LogP contribution in [0.3, 0.4) is 0 Å². The molecule has 2 fully saturated rings. The molecule has 4 atom stereocenters. The maximum Gasteiger partial charge on any atom is 0.414 e. The molecular weight excluding hydrogens is 670 g/mol. The minimum atomic E-state index is -1.25. The molecule has 9 nitrogen and oxygen atoms in total. The molecule has 3 heterocycles. The number of likely N-dealkylation sites (tertiary alicyclic amines) is 1. The fraction of sp³-hybridized carbons (Fsp3) is 0.447. The highest BCUT2D eigenvalue weighted by molar-refractivity contribution is 6.34. The van der Waals surface area contributed by atoms with Crippen LogP contribution in [0.2, 0.25) is 5.02 Å². The van der Waals surface area contributed by atoms with Crippen molar-refractivity contribution in [2.24, 2.45) is 0 Å². The molecule has 0 spiro atoms. The van der Waals surface area contributed by atoms with Gasteiger partial charge in [0.05, 0.1) is 16.6 Å². The molecule has 0 radical (unpaired) electrons. The van der Waals surface area contributed by atoms with Crippen molar-refractivity contribution in [3.63, 3.8) is 0 Å². The van der Waals surface area contributed by atoms with Crippen LogP contribution in [-0.4, -0.2) is 52.9 Å². The van der Waals surface area contributed by atoms with Crippen LogP contribution in [0.1, 0.15) is 93.8 Å². The molecule has 2 unspecified atom stereocenters. The van der Waals surface area contributed by atoms with Crippen molar-refractivity contribution in [1.29, 1.82) is 0 Å². The second kappa shape index (κ2) is 11.9. The predicted octanol–water partition coefficient (Wildman–Crippen LogP) is 8.43. The van der Waals surface area contributed by atoms with Crippen molar-refractivity contribution in [2.45, 2.75) is 102 Å². The summed E-state index contributed by atoms with van der Waals surface area (Å²) in [6.07, 6.45) is 0.0810. The number of alkyl carbamates (subject to hydrolysis) is 1. The van der Waals surface area contributed by atoms with E-state index in [0.29, 0.717) is 36.9 Å². The molecule has 1 N–H and O–H groups in total. The van der Waals surface area contributed by atoms with Gasteiger partial charge in [-0.2, -0.15) is 0 Å². The highest BCUT2D eigenvalue weighted by Gasteiger charge is 2.55. The van der Waals surface area contributed by atoms with E-state index in [0.717, 1.165) is 6.07 Å². The number of benzene rings is 3. The first-order valence-electron chi connectivity index (χ1n) is 16.8. The van der Waals surface area contributed by atoms with Crippen LogP contribution in [-0.2, 0) is 21.5 Å². The number of carbonyl (C=O) groups excluding carboxylic acids is 3. The van der Waals surface area contributed by atoms with Gasteiger partial charge < -0.3 is 23.8 Å². The minimum Gasteiger partial charge on any atom is -0.489 e. The summed E-state index contributed by atoms with van der Waals surface area (Å²) >= 11 is 6.76. The Kier molecular flexibility index (Phi) is 8.08. The van der Waals surface area contributed by atoms with E-state index in [-0.39, 0.29) is 52.2 Å². The number of imide groups is 1. The molecule has 4 aliphatic rings. The van der Waals surface area contributed by atoms with Gasteiger partial charge in [0, 0.05) is 47.2 Å². The van der Waals surface area contributed by atoms with Crippen molar-refractivity contribution in [1.82, 2.24) is 10.2 Å². The van der Waals surface area contributed by atoms with Crippen LogP contribution < -0.4 is 14.8 Å². The number of hydrogen-bond donors (Lipinski definition) is 1. The third-order valence-corrected chi connectivity index (χ3v) is 9.83. The van der Waals surface area contributed by atoms with Gasteiger partial charge in [0.1, 0.15) is 40.4 Å². The SMILES string of the molecule is CC(C)(C)OC(=O)NC(=O)c1cc2c(c(F)c1-c1c(Cl)c(F)cc3c1C[C@](c1ccccc1)([C@@H]1CCCN1C(=O)OC(C)(C)C)O3)C1CC1O2. The zero-order chi connectivity index (χ0) is 35.9. The molecule has 0 bridgehead atoms. The van der Waals surface area contributed by atoms with E-state index in [2.05, 4.69) is 5.32 Å². The van der Waals surface area contributed by atoms with E-state index < -0.39 is 57.6 Å². The summed E-state index contributed by atoms with van der Waals surface area (Å²) in [5.74, 6) is -2.61. The van der Waals surface area contributed by atoms with Gasteiger partial charge >= 0.3 is 12.2 Å². The number of rotatable bonds is 4. The molecule has 3 aromatic carbocycles. The van der Waals surface area contributed by atoms with E-state index in [1.54, 1.807) is 46.4 Å². The smallest absolute Gasteiger partial charge is 0.414 e. The van der Waals surface area contributed by atoms with Gasteiger partial charge in [0.15, 0.2) is 5.60 Å². The lowest BCUT2D eigenvalue weighted by molar-refractivity contribution is -0.0216. The number of hydrogen-bond acceptors (Lipinski definition) is 7. The van der Waals surface area contributed by atoms with Crippen molar-refractivity contribution in [3.05, 3.63) is 81.4 Å². The van der Waals surface area contributed by atoms with E-state index in [4.69, 9.17) is 30.5 Å². The van der Waals surface area contributed by atoms with E-state index in [1.807, 2.05) is 30.3 Å². The largest absolute Gasteiger partial charge is 0.489 e. The fourth-order valence-corrected chi connectivity index (χ4v) is 7.72. The maximum absolute atomic E-state index is 17.0. The molecule has 50 heavy (non-hydrogen) atoms. The van der Waals surface area contributed by atoms with Crippen LogP contribution in [0.15, 0.2) is 42.5 Å². The third kappa shape index (κ3) is 5.93. The average molecular weight is 709 g/mol. The first-order valence-corrected chi connectivity index (χ1v) is 17.2. The van der Waals surface area contributed by atoms with E-state index >= 15 is 8.78 Å². The summed E-state index contributed by atoms with van der Waals surface area (Å²) < 4.78 is 56.7. The normalized spacial score (nSPS) is 23.3. The summed E-state index contributed by atoms with van der Waals surface area (Å²) in [6.45, 7) is 10.7. The molecule has 12 heteroatoms. The summed E-state index contributed by atoms with van der Waals surface area (Å²) in [6, 6.07) is 11.3. The fourth-order valence-electron chi connectivity index (χ4n) is 7.45. The summed E-state index contributed by atoms with van der Waals surface area (Å²) in [4.78, 5) is 41.7. The van der Waals surface area contributed by atoms with Gasteiger partial charge in [-0.15, -0.1) is 0 Å². The summed E-state index contributed by atoms with van der Waals surface area (Å²) in [7, 11) is 0. The Bertz CT molecular complexity index is 1920. The van der Waals surface area contributed by atoms with Gasteiger partial charge in [-0.1, -0.05) is 41.9 Å². The van der Waals surface area contributed by atoms with E-state index in [9.17, 15) is 14.4 Å². The monoisotopic (exact) mass is 708 g/mol. The second-order valence-electron chi connectivity index (χ2n) is 15.4. The molecule has 3 aliphatic heterocycles. The zero-order valence-electron chi connectivity index (χ0n) is 28.7. The lowest BCUT2D eigenvalue weighted by atomic mass is 9.79. The number of nitrogens with one attached hydrogen (secondary N) is 1.